The molecule has 2 aliphatic rings. The van der Waals surface area contributed by atoms with Gasteiger partial charge in [-0.2, -0.15) is 0 Å². The third-order valence-electron chi connectivity index (χ3n) is 6.34. The Labute approximate surface area is 177 Å². The SMILES string of the molecule is CCCN(C)c1cc(-c2ccc3c(c2)C(=O)NCC3)c2c(c1C(N)=O)NCC2CC. The van der Waals surface area contributed by atoms with Gasteiger partial charge in [0.1, 0.15) is 0 Å². The standard InChI is InChI=1S/C24H30N4O2/c1-4-10-28(3)19-12-17(16-7-6-15-8-9-26-24(30)18(15)11-16)20-14(5-2)13-27-22(20)21(19)23(25)29/h6-7,11-12,14,27H,4-5,8-10,13H2,1-3H3,(H2,25,29)(H,26,30). The number of anilines is 2. The van der Waals surface area contributed by atoms with Crippen LogP contribution >= 0.6 is 0 Å². The summed E-state index contributed by atoms with van der Waals surface area (Å²) in [5.41, 5.74) is 13.2. The molecule has 4 rings (SSSR count). The highest BCUT2D eigenvalue weighted by atomic mass is 16.2. The molecule has 0 saturated carbocycles. The molecule has 4 N–H and O–H groups in total. The number of rotatable bonds is 6. The molecule has 0 fully saturated rings. The molecule has 6 heteroatoms. The maximum atomic E-state index is 12.5. The Morgan fingerprint density at radius 1 is 1.20 bits per heavy atom. The molecule has 2 aliphatic heterocycles. The van der Waals surface area contributed by atoms with Gasteiger partial charge in [0.15, 0.2) is 0 Å². The van der Waals surface area contributed by atoms with Crippen LogP contribution in [0.15, 0.2) is 24.3 Å². The molecule has 0 bridgehead atoms. The monoisotopic (exact) mass is 406 g/mol. The highest BCUT2D eigenvalue weighted by Crippen LogP contribution is 2.46. The van der Waals surface area contributed by atoms with Crippen molar-refractivity contribution in [2.24, 2.45) is 5.73 Å². The third kappa shape index (κ3) is 3.30. The quantitative estimate of drug-likeness (QED) is 0.685. The molecule has 6 nitrogen and oxygen atoms in total. The van der Waals surface area contributed by atoms with Crippen LogP contribution in [0, 0.1) is 0 Å². The number of nitrogens with two attached hydrogens (primary N) is 1. The highest BCUT2D eigenvalue weighted by Gasteiger charge is 2.32. The van der Waals surface area contributed by atoms with Crippen molar-refractivity contribution in [2.75, 3.05) is 36.9 Å². The van der Waals surface area contributed by atoms with E-state index in [2.05, 4.69) is 47.6 Å². The molecular formula is C24H30N4O2. The van der Waals surface area contributed by atoms with Gasteiger partial charge >= 0.3 is 0 Å². The van der Waals surface area contributed by atoms with E-state index >= 15 is 0 Å². The summed E-state index contributed by atoms with van der Waals surface area (Å²) in [6, 6.07) is 8.26. The Bertz CT molecular complexity index is 1010. The average molecular weight is 407 g/mol. The first-order chi connectivity index (χ1) is 14.5. The third-order valence-corrected chi connectivity index (χ3v) is 6.34. The van der Waals surface area contributed by atoms with Gasteiger partial charge in [0, 0.05) is 38.2 Å². The number of amides is 2. The van der Waals surface area contributed by atoms with Crippen molar-refractivity contribution in [3.63, 3.8) is 0 Å². The summed E-state index contributed by atoms with van der Waals surface area (Å²) in [5, 5.41) is 6.40. The zero-order valence-corrected chi connectivity index (χ0v) is 18.0. The normalized spacial score (nSPS) is 17.0. The Morgan fingerprint density at radius 3 is 2.70 bits per heavy atom. The van der Waals surface area contributed by atoms with Crippen LogP contribution in [-0.4, -0.2) is 38.5 Å². The number of primary amides is 1. The lowest BCUT2D eigenvalue weighted by Gasteiger charge is -2.26. The molecule has 0 radical (unpaired) electrons. The van der Waals surface area contributed by atoms with Crippen LogP contribution in [0.3, 0.4) is 0 Å². The molecule has 0 aliphatic carbocycles. The van der Waals surface area contributed by atoms with E-state index in [4.69, 9.17) is 5.73 Å². The molecule has 0 saturated heterocycles. The number of fused-ring (bicyclic) bond motifs is 2. The summed E-state index contributed by atoms with van der Waals surface area (Å²) in [4.78, 5) is 27.0. The zero-order valence-electron chi connectivity index (χ0n) is 18.0. The number of carbonyl (C=O) groups excluding carboxylic acids is 2. The van der Waals surface area contributed by atoms with Crippen LogP contribution in [0.2, 0.25) is 0 Å². The van der Waals surface area contributed by atoms with E-state index < -0.39 is 5.91 Å². The van der Waals surface area contributed by atoms with E-state index in [0.29, 0.717) is 18.0 Å². The van der Waals surface area contributed by atoms with Gasteiger partial charge in [-0.05, 0) is 53.6 Å². The van der Waals surface area contributed by atoms with Crippen molar-refractivity contribution in [3.8, 4) is 11.1 Å². The van der Waals surface area contributed by atoms with E-state index in [9.17, 15) is 9.59 Å². The van der Waals surface area contributed by atoms with Crippen molar-refractivity contribution < 1.29 is 9.59 Å². The largest absolute Gasteiger partial charge is 0.383 e. The van der Waals surface area contributed by atoms with Crippen LogP contribution in [0.25, 0.3) is 11.1 Å². The fourth-order valence-electron chi connectivity index (χ4n) is 4.79. The van der Waals surface area contributed by atoms with Crippen molar-refractivity contribution in [2.45, 2.75) is 39.0 Å². The Kier molecular flexibility index (Phi) is 5.41. The van der Waals surface area contributed by atoms with E-state index in [1.54, 1.807) is 0 Å². The lowest BCUT2D eigenvalue weighted by Crippen LogP contribution is -2.31. The first-order valence-corrected chi connectivity index (χ1v) is 10.8. The van der Waals surface area contributed by atoms with Gasteiger partial charge in [0.05, 0.1) is 16.9 Å². The van der Waals surface area contributed by atoms with Crippen LogP contribution in [0.4, 0.5) is 11.4 Å². The maximum Gasteiger partial charge on any atom is 0.252 e. The van der Waals surface area contributed by atoms with Gasteiger partial charge in [0.2, 0.25) is 0 Å². The second kappa shape index (κ2) is 8.01. The smallest absolute Gasteiger partial charge is 0.252 e. The fourth-order valence-corrected chi connectivity index (χ4v) is 4.79. The summed E-state index contributed by atoms with van der Waals surface area (Å²) in [6.07, 6.45) is 2.77. The zero-order chi connectivity index (χ0) is 21.4. The molecule has 2 heterocycles. The minimum absolute atomic E-state index is 0.0167. The van der Waals surface area contributed by atoms with Gasteiger partial charge in [-0.1, -0.05) is 26.0 Å². The number of hydrogen-bond donors (Lipinski definition) is 3. The predicted octanol–water partition coefficient (Wildman–Crippen LogP) is 3.50. The second-order valence-corrected chi connectivity index (χ2v) is 8.26. The molecule has 30 heavy (non-hydrogen) atoms. The topological polar surface area (TPSA) is 87.5 Å². The van der Waals surface area contributed by atoms with Crippen molar-refractivity contribution in [1.29, 1.82) is 0 Å². The van der Waals surface area contributed by atoms with E-state index in [0.717, 1.165) is 71.5 Å². The second-order valence-electron chi connectivity index (χ2n) is 8.26. The number of hydrogen-bond acceptors (Lipinski definition) is 4. The van der Waals surface area contributed by atoms with Crippen LogP contribution in [-0.2, 0) is 6.42 Å². The van der Waals surface area contributed by atoms with Crippen LogP contribution in [0.1, 0.15) is 64.4 Å². The minimum atomic E-state index is -0.412. The summed E-state index contributed by atoms with van der Waals surface area (Å²) in [6.45, 7) is 6.56. The predicted molar refractivity (Wildman–Crippen MR) is 122 cm³/mol. The molecule has 2 amide bonds. The van der Waals surface area contributed by atoms with Gasteiger partial charge in [-0.15, -0.1) is 0 Å². The molecule has 158 valence electrons. The molecule has 0 aromatic heterocycles. The molecule has 1 unspecified atom stereocenters. The summed E-state index contributed by atoms with van der Waals surface area (Å²) in [7, 11) is 1.99. The van der Waals surface area contributed by atoms with Gasteiger partial charge in [0.25, 0.3) is 11.8 Å². The lowest BCUT2D eigenvalue weighted by atomic mass is 9.86. The van der Waals surface area contributed by atoms with Crippen molar-refractivity contribution in [1.82, 2.24) is 5.32 Å². The molecule has 2 aromatic carbocycles. The lowest BCUT2D eigenvalue weighted by molar-refractivity contribution is 0.0945. The molecule has 1 atom stereocenters. The maximum absolute atomic E-state index is 12.5. The van der Waals surface area contributed by atoms with E-state index in [-0.39, 0.29) is 5.91 Å². The highest BCUT2D eigenvalue weighted by molar-refractivity contribution is 6.07. The molecular weight excluding hydrogens is 376 g/mol. The number of carbonyl (C=O) groups is 2. The van der Waals surface area contributed by atoms with Crippen molar-refractivity contribution in [3.05, 3.63) is 46.5 Å². The summed E-state index contributed by atoms with van der Waals surface area (Å²) < 4.78 is 0. The number of nitrogens with zero attached hydrogens (tertiary/aromatic N) is 1. The molecule has 2 aromatic rings. The van der Waals surface area contributed by atoms with Crippen LogP contribution in [0.5, 0.6) is 0 Å². The first kappa shape index (κ1) is 20.3. The Morgan fingerprint density at radius 2 is 2.00 bits per heavy atom. The average Bonchev–Trinajstić information content (AvgIpc) is 3.16. The summed E-state index contributed by atoms with van der Waals surface area (Å²) in [5.74, 6) is -0.134. The first-order valence-electron chi connectivity index (χ1n) is 10.8. The van der Waals surface area contributed by atoms with Gasteiger partial charge in [-0.3, -0.25) is 9.59 Å². The van der Waals surface area contributed by atoms with Gasteiger partial charge in [-0.25, -0.2) is 0 Å². The van der Waals surface area contributed by atoms with Crippen LogP contribution < -0.4 is 21.3 Å². The van der Waals surface area contributed by atoms with Crippen molar-refractivity contribution >= 4 is 23.2 Å². The van der Waals surface area contributed by atoms with Gasteiger partial charge < -0.3 is 21.3 Å². The Balaban J connectivity index is 1.97. The minimum Gasteiger partial charge on any atom is -0.383 e. The fraction of sp³-hybridized carbons (Fsp3) is 0.417. The molecule has 0 spiro atoms. The Hall–Kier alpha value is -3.02. The van der Waals surface area contributed by atoms with E-state index in [1.165, 1.54) is 0 Å². The number of benzene rings is 2. The summed E-state index contributed by atoms with van der Waals surface area (Å²) >= 11 is 0. The van der Waals surface area contributed by atoms with E-state index in [1.807, 2.05) is 13.1 Å². The number of nitrogens with one attached hydrogen (secondary N) is 2.